The Hall–Kier alpha value is -1.80. The molecule has 1 aromatic rings. The lowest BCUT2D eigenvalue weighted by molar-refractivity contribution is -0.137. The summed E-state index contributed by atoms with van der Waals surface area (Å²) in [7, 11) is 0. The summed E-state index contributed by atoms with van der Waals surface area (Å²) in [5.41, 5.74) is -1.44. The van der Waals surface area contributed by atoms with E-state index in [4.69, 9.17) is 16.3 Å². The summed E-state index contributed by atoms with van der Waals surface area (Å²) in [6, 6.07) is 3.08. The maximum absolute atomic E-state index is 13.0. The molecular formula is C16H18ClF3N2O3. The lowest BCUT2D eigenvalue weighted by atomic mass is 10.1. The second-order valence-corrected chi connectivity index (χ2v) is 6.21. The van der Waals surface area contributed by atoms with Crippen molar-refractivity contribution in [2.45, 2.75) is 32.0 Å². The van der Waals surface area contributed by atoms with Crippen LogP contribution in [0.4, 0.5) is 18.9 Å². The van der Waals surface area contributed by atoms with Crippen LogP contribution in [0, 0.1) is 0 Å². The second kappa shape index (κ2) is 8.05. The van der Waals surface area contributed by atoms with E-state index in [-0.39, 0.29) is 30.1 Å². The van der Waals surface area contributed by atoms with Crippen molar-refractivity contribution in [3.05, 3.63) is 28.8 Å². The normalized spacial score (nSPS) is 17.4. The Morgan fingerprint density at radius 3 is 2.68 bits per heavy atom. The van der Waals surface area contributed by atoms with Gasteiger partial charge in [-0.25, -0.2) is 0 Å². The molecule has 0 saturated carbocycles. The third-order valence-corrected chi connectivity index (χ3v) is 4.02. The molecule has 0 aliphatic carbocycles. The van der Waals surface area contributed by atoms with Crippen molar-refractivity contribution >= 4 is 29.1 Å². The van der Waals surface area contributed by atoms with E-state index in [1.54, 1.807) is 0 Å². The predicted molar refractivity (Wildman–Crippen MR) is 86.3 cm³/mol. The van der Waals surface area contributed by atoms with Gasteiger partial charge in [0.05, 0.1) is 23.9 Å². The summed E-state index contributed by atoms with van der Waals surface area (Å²) >= 11 is 5.60. The van der Waals surface area contributed by atoms with Crippen LogP contribution in [0.15, 0.2) is 18.2 Å². The van der Waals surface area contributed by atoms with Gasteiger partial charge in [0.1, 0.15) is 0 Å². The number of hydrogen-bond donors (Lipinski definition) is 1. The van der Waals surface area contributed by atoms with Crippen LogP contribution in [0.1, 0.15) is 25.3 Å². The van der Waals surface area contributed by atoms with Crippen molar-refractivity contribution in [1.82, 2.24) is 4.90 Å². The largest absolute Gasteiger partial charge is 0.418 e. The number of benzene rings is 1. The summed E-state index contributed by atoms with van der Waals surface area (Å²) in [6.45, 7) is 1.78. The molecule has 1 aromatic carbocycles. The molecule has 1 aliphatic heterocycles. The van der Waals surface area contributed by atoms with E-state index >= 15 is 0 Å². The first-order valence-corrected chi connectivity index (χ1v) is 8.08. The first kappa shape index (κ1) is 19.5. The first-order valence-electron chi connectivity index (χ1n) is 7.70. The molecule has 1 fully saturated rings. The van der Waals surface area contributed by atoms with Crippen LogP contribution in [0.5, 0.6) is 0 Å². The number of carbonyl (C=O) groups is 2. The first-order chi connectivity index (χ1) is 11.7. The quantitative estimate of drug-likeness (QED) is 0.855. The Labute approximate surface area is 148 Å². The summed E-state index contributed by atoms with van der Waals surface area (Å²) < 4.78 is 44.6. The molecule has 0 spiro atoms. The third kappa shape index (κ3) is 5.61. The highest BCUT2D eigenvalue weighted by Crippen LogP contribution is 2.36. The molecule has 2 rings (SSSR count). The summed E-state index contributed by atoms with van der Waals surface area (Å²) in [5.74, 6) is -1.07. The van der Waals surface area contributed by atoms with Crippen LogP contribution >= 0.6 is 11.6 Å². The molecule has 1 N–H and O–H groups in total. The van der Waals surface area contributed by atoms with Gasteiger partial charge in [-0.2, -0.15) is 13.2 Å². The number of amides is 2. The number of rotatable bonds is 5. The van der Waals surface area contributed by atoms with Crippen molar-refractivity contribution < 1.29 is 27.5 Å². The molecule has 0 aromatic heterocycles. The van der Waals surface area contributed by atoms with Crippen LogP contribution in [0.3, 0.4) is 0 Å². The molecule has 138 valence electrons. The van der Waals surface area contributed by atoms with E-state index in [9.17, 15) is 22.8 Å². The predicted octanol–water partition coefficient (Wildman–Crippen LogP) is 3.32. The Bertz CT molecular complexity index is 646. The van der Waals surface area contributed by atoms with Crippen LogP contribution < -0.4 is 5.32 Å². The standard InChI is InChI=1S/C16H18ClF3N2O3/c1-10(23)22(8-12-3-2-6-25-12)9-15(24)21-14-5-4-11(17)7-13(14)16(18,19)20/h4-5,7,12H,2-3,6,8-9H2,1H3,(H,21,24). The van der Waals surface area contributed by atoms with Crippen molar-refractivity contribution in [2.75, 3.05) is 25.0 Å². The average Bonchev–Trinajstić information content (AvgIpc) is 3.00. The fourth-order valence-electron chi connectivity index (χ4n) is 2.56. The van der Waals surface area contributed by atoms with Crippen LogP contribution in [0.25, 0.3) is 0 Å². The molecular weight excluding hydrogens is 361 g/mol. The van der Waals surface area contributed by atoms with Crippen LogP contribution in [-0.2, 0) is 20.5 Å². The van der Waals surface area contributed by atoms with E-state index in [0.717, 1.165) is 25.0 Å². The van der Waals surface area contributed by atoms with Crippen LogP contribution in [0.2, 0.25) is 5.02 Å². The van der Waals surface area contributed by atoms with Gasteiger partial charge >= 0.3 is 6.18 Å². The number of ether oxygens (including phenoxy) is 1. The highest BCUT2D eigenvalue weighted by atomic mass is 35.5. The van der Waals surface area contributed by atoms with Gasteiger partial charge in [0.25, 0.3) is 0 Å². The van der Waals surface area contributed by atoms with Crippen molar-refractivity contribution in [3.63, 3.8) is 0 Å². The van der Waals surface area contributed by atoms with E-state index in [1.807, 2.05) is 0 Å². The molecule has 1 aliphatic rings. The maximum atomic E-state index is 13.0. The van der Waals surface area contributed by atoms with E-state index in [1.165, 1.54) is 17.9 Å². The molecule has 5 nitrogen and oxygen atoms in total. The zero-order valence-electron chi connectivity index (χ0n) is 13.5. The minimum absolute atomic E-state index is 0.0888. The molecule has 0 radical (unpaired) electrons. The minimum atomic E-state index is -4.66. The molecule has 1 unspecified atom stereocenters. The van der Waals surface area contributed by atoms with E-state index < -0.39 is 23.3 Å². The van der Waals surface area contributed by atoms with Gasteiger partial charge in [-0.3, -0.25) is 9.59 Å². The van der Waals surface area contributed by atoms with E-state index in [2.05, 4.69) is 5.32 Å². The monoisotopic (exact) mass is 378 g/mol. The molecule has 0 bridgehead atoms. The van der Waals surface area contributed by atoms with Gasteiger partial charge in [0, 0.05) is 25.1 Å². The summed E-state index contributed by atoms with van der Waals surface area (Å²) in [4.78, 5) is 25.1. The summed E-state index contributed by atoms with van der Waals surface area (Å²) in [6.07, 6.45) is -3.16. The van der Waals surface area contributed by atoms with Crippen molar-refractivity contribution in [1.29, 1.82) is 0 Å². The fourth-order valence-corrected chi connectivity index (χ4v) is 2.73. The molecule has 2 amide bonds. The number of halogens is 4. The smallest absolute Gasteiger partial charge is 0.376 e. The minimum Gasteiger partial charge on any atom is -0.376 e. The Balaban J connectivity index is 2.06. The maximum Gasteiger partial charge on any atom is 0.418 e. The van der Waals surface area contributed by atoms with Crippen LogP contribution in [-0.4, -0.2) is 42.5 Å². The Morgan fingerprint density at radius 2 is 2.12 bits per heavy atom. The molecule has 1 heterocycles. The zero-order chi connectivity index (χ0) is 18.6. The fraction of sp³-hybridized carbons (Fsp3) is 0.500. The number of anilines is 1. The lowest BCUT2D eigenvalue weighted by Gasteiger charge is -2.24. The van der Waals surface area contributed by atoms with Crippen molar-refractivity contribution in [2.24, 2.45) is 0 Å². The molecule has 1 atom stereocenters. The zero-order valence-corrected chi connectivity index (χ0v) is 14.3. The Kier molecular flexibility index (Phi) is 6.29. The summed E-state index contributed by atoms with van der Waals surface area (Å²) in [5, 5.41) is 2.11. The second-order valence-electron chi connectivity index (χ2n) is 5.77. The number of alkyl halides is 3. The van der Waals surface area contributed by atoms with Gasteiger partial charge in [-0.1, -0.05) is 11.6 Å². The van der Waals surface area contributed by atoms with Gasteiger partial charge < -0.3 is 15.0 Å². The number of carbonyl (C=O) groups excluding carboxylic acids is 2. The van der Waals surface area contributed by atoms with Gasteiger partial charge in [0.15, 0.2) is 0 Å². The number of hydrogen-bond acceptors (Lipinski definition) is 3. The Morgan fingerprint density at radius 1 is 1.40 bits per heavy atom. The van der Waals surface area contributed by atoms with Gasteiger partial charge in [-0.15, -0.1) is 0 Å². The lowest BCUT2D eigenvalue weighted by Crippen LogP contribution is -2.41. The third-order valence-electron chi connectivity index (χ3n) is 3.79. The van der Waals surface area contributed by atoms with Gasteiger partial charge in [0.2, 0.25) is 11.8 Å². The highest BCUT2D eigenvalue weighted by Gasteiger charge is 2.34. The number of nitrogens with one attached hydrogen (secondary N) is 1. The highest BCUT2D eigenvalue weighted by molar-refractivity contribution is 6.30. The molecule has 25 heavy (non-hydrogen) atoms. The van der Waals surface area contributed by atoms with E-state index in [0.29, 0.717) is 6.61 Å². The van der Waals surface area contributed by atoms with Crippen molar-refractivity contribution in [3.8, 4) is 0 Å². The van der Waals surface area contributed by atoms with Gasteiger partial charge in [-0.05, 0) is 31.0 Å². The topological polar surface area (TPSA) is 58.6 Å². The SMILES string of the molecule is CC(=O)N(CC(=O)Nc1ccc(Cl)cc1C(F)(F)F)CC1CCCO1. The number of nitrogens with zero attached hydrogens (tertiary/aromatic N) is 1. The average molecular weight is 379 g/mol. The molecule has 1 saturated heterocycles. The molecule has 9 heteroatoms.